The molecule has 0 unspecified atom stereocenters. The fourth-order valence-electron chi connectivity index (χ4n) is 4.05. The molecule has 0 saturated carbocycles. The van der Waals surface area contributed by atoms with Gasteiger partial charge in [0.15, 0.2) is 5.96 Å². The van der Waals surface area contributed by atoms with Gasteiger partial charge in [0, 0.05) is 51.7 Å². The van der Waals surface area contributed by atoms with Gasteiger partial charge in [-0.15, -0.1) is 24.0 Å². The molecular weight excluding hydrogens is 507 g/mol. The van der Waals surface area contributed by atoms with Crippen LogP contribution < -0.4 is 16.4 Å². The smallest absolute Gasteiger partial charge is 0.314 e. The molecule has 1 aromatic rings. The number of nitrogens with one attached hydrogen (secondary N) is 2. The standard InChI is InChI=1S/C22H34N6O2.HI/c1-2-24-22(26-19-10-14-27(15-11-19)21(23)30)25-12-5-8-20(29)28-13-9-17-6-3-4-7-18(17)16-28;/h3-4,6-7,19H,2,5,8-16H2,1H3,(H2,23,30)(H2,24,25,26);1H. The molecule has 4 N–H and O–H groups in total. The molecule has 0 aliphatic carbocycles. The second-order valence-electron chi connectivity index (χ2n) is 7.94. The Bertz CT molecular complexity index is 764. The summed E-state index contributed by atoms with van der Waals surface area (Å²) in [7, 11) is 0. The number of carbonyl (C=O) groups excluding carboxylic acids is 2. The monoisotopic (exact) mass is 542 g/mol. The number of nitrogens with two attached hydrogens (primary N) is 1. The highest BCUT2D eigenvalue weighted by atomic mass is 127. The number of fused-ring (bicyclic) bond motifs is 1. The van der Waals surface area contributed by atoms with Crippen molar-refractivity contribution in [3.63, 3.8) is 0 Å². The highest BCUT2D eigenvalue weighted by molar-refractivity contribution is 14.0. The van der Waals surface area contributed by atoms with E-state index < -0.39 is 0 Å². The van der Waals surface area contributed by atoms with Crippen molar-refractivity contribution in [2.24, 2.45) is 10.7 Å². The average Bonchev–Trinajstić information content (AvgIpc) is 2.76. The van der Waals surface area contributed by atoms with Crippen molar-refractivity contribution in [1.29, 1.82) is 0 Å². The summed E-state index contributed by atoms with van der Waals surface area (Å²) in [6.45, 7) is 6.26. The Morgan fingerprint density at radius 1 is 1.13 bits per heavy atom. The minimum absolute atomic E-state index is 0. The maximum absolute atomic E-state index is 12.6. The molecular formula is C22H35IN6O2. The Balaban J connectivity index is 0.00000341. The molecule has 2 aliphatic heterocycles. The quantitative estimate of drug-likeness (QED) is 0.222. The van der Waals surface area contributed by atoms with E-state index in [-0.39, 0.29) is 42.0 Å². The lowest BCUT2D eigenvalue weighted by atomic mass is 9.99. The van der Waals surface area contributed by atoms with Crippen molar-refractivity contribution in [2.75, 3.05) is 32.7 Å². The van der Waals surface area contributed by atoms with Gasteiger partial charge in [-0.1, -0.05) is 24.3 Å². The van der Waals surface area contributed by atoms with Gasteiger partial charge < -0.3 is 26.2 Å². The summed E-state index contributed by atoms with van der Waals surface area (Å²) in [5.74, 6) is 0.978. The third kappa shape index (κ3) is 7.55. The molecule has 0 radical (unpaired) electrons. The number of hydrogen-bond donors (Lipinski definition) is 3. The molecule has 2 aliphatic rings. The number of halogens is 1. The zero-order valence-electron chi connectivity index (χ0n) is 18.3. The Hall–Kier alpha value is -2.04. The van der Waals surface area contributed by atoms with Crippen LogP contribution in [-0.2, 0) is 17.8 Å². The van der Waals surface area contributed by atoms with E-state index in [2.05, 4.69) is 33.8 Å². The number of amides is 3. The molecule has 8 nitrogen and oxygen atoms in total. The molecule has 0 aromatic heterocycles. The largest absolute Gasteiger partial charge is 0.357 e. The van der Waals surface area contributed by atoms with E-state index in [9.17, 15) is 9.59 Å². The SMILES string of the molecule is CCNC(=NCCCC(=O)N1CCc2ccccc2C1)NC1CCN(C(N)=O)CC1.I. The Morgan fingerprint density at radius 2 is 1.84 bits per heavy atom. The van der Waals surface area contributed by atoms with Crippen molar-refractivity contribution < 1.29 is 9.59 Å². The first-order valence-corrected chi connectivity index (χ1v) is 11.0. The van der Waals surface area contributed by atoms with Gasteiger partial charge in [0.05, 0.1) is 0 Å². The van der Waals surface area contributed by atoms with Crippen LogP contribution in [0.5, 0.6) is 0 Å². The van der Waals surface area contributed by atoms with Gasteiger partial charge in [0.2, 0.25) is 5.91 Å². The number of benzene rings is 1. The van der Waals surface area contributed by atoms with Gasteiger partial charge in [-0.05, 0) is 43.7 Å². The van der Waals surface area contributed by atoms with Crippen molar-refractivity contribution >= 4 is 41.9 Å². The van der Waals surface area contributed by atoms with Crippen molar-refractivity contribution in [3.05, 3.63) is 35.4 Å². The summed E-state index contributed by atoms with van der Waals surface area (Å²) in [5, 5.41) is 6.71. The molecule has 3 amide bonds. The van der Waals surface area contributed by atoms with Crippen molar-refractivity contribution in [1.82, 2.24) is 20.4 Å². The number of aliphatic imine (C=N–C) groups is 1. The molecule has 3 rings (SSSR count). The molecule has 0 atom stereocenters. The lowest BCUT2D eigenvalue weighted by molar-refractivity contribution is -0.132. The second-order valence-corrected chi connectivity index (χ2v) is 7.94. The van der Waals surface area contributed by atoms with Crippen LogP contribution in [0.2, 0.25) is 0 Å². The highest BCUT2D eigenvalue weighted by Crippen LogP contribution is 2.19. The molecule has 31 heavy (non-hydrogen) atoms. The van der Waals surface area contributed by atoms with Crippen molar-refractivity contribution in [2.45, 2.75) is 51.6 Å². The predicted octanol–water partition coefficient (Wildman–Crippen LogP) is 2.07. The van der Waals surface area contributed by atoms with E-state index >= 15 is 0 Å². The van der Waals surface area contributed by atoms with Gasteiger partial charge in [0.1, 0.15) is 0 Å². The third-order valence-electron chi connectivity index (χ3n) is 5.79. The number of primary amides is 1. The van der Waals surface area contributed by atoms with Crippen LogP contribution in [0.15, 0.2) is 29.3 Å². The van der Waals surface area contributed by atoms with Crippen molar-refractivity contribution in [3.8, 4) is 0 Å². The number of likely N-dealkylation sites (tertiary alicyclic amines) is 1. The molecule has 172 valence electrons. The maximum atomic E-state index is 12.6. The van der Waals surface area contributed by atoms with Crippen LogP contribution in [0, 0.1) is 0 Å². The summed E-state index contributed by atoms with van der Waals surface area (Å²) >= 11 is 0. The first-order chi connectivity index (χ1) is 14.6. The van der Waals surface area contributed by atoms with E-state index in [1.807, 2.05) is 17.9 Å². The second kappa shape index (κ2) is 12.7. The molecule has 0 spiro atoms. The van der Waals surface area contributed by atoms with E-state index in [4.69, 9.17) is 5.73 Å². The van der Waals surface area contributed by atoms with Gasteiger partial charge >= 0.3 is 6.03 Å². The number of rotatable bonds is 6. The Labute approximate surface area is 202 Å². The molecule has 1 saturated heterocycles. The van der Waals surface area contributed by atoms with Crippen LogP contribution in [-0.4, -0.2) is 66.5 Å². The summed E-state index contributed by atoms with van der Waals surface area (Å²) in [4.78, 5) is 32.1. The lowest BCUT2D eigenvalue weighted by Crippen LogP contribution is -2.50. The first-order valence-electron chi connectivity index (χ1n) is 11.0. The fraction of sp³-hybridized carbons (Fsp3) is 0.591. The number of nitrogens with zero attached hydrogens (tertiary/aromatic N) is 3. The maximum Gasteiger partial charge on any atom is 0.314 e. The zero-order chi connectivity index (χ0) is 21.3. The first kappa shape index (κ1) is 25.2. The number of urea groups is 1. The summed E-state index contributed by atoms with van der Waals surface area (Å²) < 4.78 is 0. The van der Waals surface area contributed by atoms with Crippen LogP contribution in [0.3, 0.4) is 0 Å². The topological polar surface area (TPSA) is 103 Å². The molecule has 1 aromatic carbocycles. The predicted molar refractivity (Wildman–Crippen MR) is 134 cm³/mol. The average molecular weight is 542 g/mol. The number of piperidine rings is 1. The lowest BCUT2D eigenvalue weighted by Gasteiger charge is -2.32. The van der Waals surface area contributed by atoms with Gasteiger partial charge in [-0.3, -0.25) is 9.79 Å². The molecule has 2 heterocycles. The van der Waals surface area contributed by atoms with Crippen LogP contribution >= 0.6 is 24.0 Å². The summed E-state index contributed by atoms with van der Waals surface area (Å²) in [6.07, 6.45) is 3.88. The molecule has 1 fully saturated rings. The Morgan fingerprint density at radius 3 is 2.52 bits per heavy atom. The van der Waals surface area contributed by atoms with E-state index in [1.54, 1.807) is 4.90 Å². The highest BCUT2D eigenvalue weighted by Gasteiger charge is 2.22. The molecule has 9 heteroatoms. The van der Waals surface area contributed by atoms with Crippen LogP contribution in [0.1, 0.15) is 43.7 Å². The zero-order valence-corrected chi connectivity index (χ0v) is 20.6. The van der Waals surface area contributed by atoms with Crippen LogP contribution in [0.4, 0.5) is 4.79 Å². The third-order valence-corrected chi connectivity index (χ3v) is 5.79. The van der Waals surface area contributed by atoms with Gasteiger partial charge in [0.25, 0.3) is 0 Å². The van der Waals surface area contributed by atoms with E-state index in [1.165, 1.54) is 11.1 Å². The minimum atomic E-state index is -0.351. The minimum Gasteiger partial charge on any atom is -0.357 e. The number of carbonyl (C=O) groups is 2. The number of hydrogen-bond acceptors (Lipinski definition) is 3. The summed E-state index contributed by atoms with van der Waals surface area (Å²) in [6, 6.07) is 8.28. The van der Waals surface area contributed by atoms with E-state index in [0.717, 1.165) is 44.7 Å². The number of guanidine groups is 1. The van der Waals surface area contributed by atoms with E-state index in [0.29, 0.717) is 32.6 Å². The van der Waals surface area contributed by atoms with Gasteiger partial charge in [-0.2, -0.15) is 0 Å². The summed E-state index contributed by atoms with van der Waals surface area (Å²) in [5.41, 5.74) is 7.96. The van der Waals surface area contributed by atoms with Gasteiger partial charge in [-0.25, -0.2) is 4.79 Å². The van der Waals surface area contributed by atoms with Crippen LogP contribution in [0.25, 0.3) is 0 Å². The Kier molecular flexibility index (Phi) is 10.4. The fourth-order valence-corrected chi connectivity index (χ4v) is 4.05. The normalized spacial score (nSPS) is 16.9. The molecule has 0 bridgehead atoms.